The van der Waals surface area contributed by atoms with E-state index >= 15 is 0 Å². The molecule has 0 rings (SSSR count). The van der Waals surface area contributed by atoms with Crippen LogP contribution in [-0.4, -0.2) is 50.2 Å². The molecule has 0 aromatic carbocycles. The molecule has 0 heterocycles. The average Bonchev–Trinajstić information content (AvgIpc) is 2.14. The number of aliphatic hydroxyl groups is 1. The molecular weight excluding hydrogens is 249 g/mol. The van der Waals surface area contributed by atoms with Gasteiger partial charge >= 0.3 is 6.18 Å². The largest absolute Gasteiger partial charge is 0.402 e. The number of nitrogens with zero attached hydrogens (tertiary/aromatic N) is 1. The molecule has 0 fully saturated rings. The summed E-state index contributed by atoms with van der Waals surface area (Å²) < 4.78 is 60.4. The first-order valence-electron chi connectivity index (χ1n) is 4.65. The lowest BCUT2D eigenvalue weighted by Crippen LogP contribution is -2.45. The first-order valence-corrected chi connectivity index (χ1v) is 6.09. The second-order valence-corrected chi connectivity index (χ2v) is 4.82. The molecule has 0 bridgehead atoms. The fourth-order valence-corrected chi connectivity index (χ4v) is 2.25. The smallest absolute Gasteiger partial charge is 0.395 e. The Balaban J connectivity index is 4.47. The number of nitrogens with one attached hydrogen (secondary N) is 1. The minimum atomic E-state index is -4.59. The molecule has 0 aromatic rings. The van der Waals surface area contributed by atoms with Crippen LogP contribution in [0.15, 0.2) is 0 Å². The zero-order valence-electron chi connectivity index (χ0n) is 8.79. The van der Waals surface area contributed by atoms with E-state index in [9.17, 15) is 21.6 Å². The lowest BCUT2D eigenvalue weighted by molar-refractivity contribution is -0.121. The van der Waals surface area contributed by atoms with Crippen molar-refractivity contribution in [2.45, 2.75) is 19.5 Å². The highest BCUT2D eigenvalue weighted by Crippen LogP contribution is 2.13. The van der Waals surface area contributed by atoms with Gasteiger partial charge in [-0.05, 0) is 6.42 Å². The number of hydrogen-bond acceptors (Lipinski definition) is 3. The maximum Gasteiger partial charge on any atom is 0.402 e. The molecule has 0 amide bonds. The van der Waals surface area contributed by atoms with Crippen LogP contribution in [-0.2, 0) is 10.2 Å². The third-order valence-corrected chi connectivity index (χ3v) is 3.17. The van der Waals surface area contributed by atoms with Crippen LogP contribution in [0, 0.1) is 0 Å². The van der Waals surface area contributed by atoms with Crippen LogP contribution in [0.4, 0.5) is 13.2 Å². The Morgan fingerprint density at radius 3 is 2.25 bits per heavy atom. The van der Waals surface area contributed by atoms with E-state index in [2.05, 4.69) is 0 Å². The van der Waals surface area contributed by atoms with Crippen molar-refractivity contribution < 1.29 is 26.7 Å². The predicted octanol–water partition coefficient (Wildman–Crippen LogP) is 0.0874. The first-order chi connectivity index (χ1) is 7.23. The van der Waals surface area contributed by atoms with Gasteiger partial charge in [0.05, 0.1) is 6.61 Å². The first kappa shape index (κ1) is 15.6. The van der Waals surface area contributed by atoms with Crippen LogP contribution in [0.2, 0.25) is 0 Å². The Bertz CT molecular complexity index is 286. The summed E-state index contributed by atoms with van der Waals surface area (Å²) in [7, 11) is -4.18. The molecule has 0 saturated heterocycles. The van der Waals surface area contributed by atoms with E-state index in [0.29, 0.717) is 6.42 Å². The molecule has 0 aromatic heterocycles. The third-order valence-electron chi connectivity index (χ3n) is 1.62. The highest BCUT2D eigenvalue weighted by Gasteiger charge is 2.31. The normalized spacial score (nSPS) is 13.4. The highest BCUT2D eigenvalue weighted by molar-refractivity contribution is 7.87. The second-order valence-electron chi connectivity index (χ2n) is 3.06. The molecule has 5 nitrogen and oxygen atoms in total. The zero-order valence-corrected chi connectivity index (χ0v) is 9.61. The van der Waals surface area contributed by atoms with Crippen molar-refractivity contribution in [2.24, 2.45) is 0 Å². The second kappa shape index (κ2) is 6.38. The Labute approximate surface area is 92.4 Å². The van der Waals surface area contributed by atoms with Crippen LogP contribution in [0.25, 0.3) is 0 Å². The monoisotopic (exact) mass is 264 g/mol. The molecule has 0 aliphatic carbocycles. The summed E-state index contributed by atoms with van der Waals surface area (Å²) in [5, 5.41) is 8.60. The summed E-state index contributed by atoms with van der Waals surface area (Å²) in [6, 6.07) is 0. The van der Waals surface area contributed by atoms with E-state index in [1.165, 1.54) is 4.72 Å². The summed E-state index contributed by atoms with van der Waals surface area (Å²) in [5.41, 5.74) is 0. The van der Waals surface area contributed by atoms with Gasteiger partial charge in [0, 0.05) is 13.1 Å². The molecule has 0 aliphatic heterocycles. The Morgan fingerprint density at radius 1 is 1.31 bits per heavy atom. The van der Waals surface area contributed by atoms with Gasteiger partial charge in [0.15, 0.2) is 0 Å². The minimum absolute atomic E-state index is 0.0632. The average molecular weight is 264 g/mol. The molecule has 2 N–H and O–H groups in total. The number of halogens is 3. The van der Waals surface area contributed by atoms with Gasteiger partial charge in [-0.25, -0.2) is 0 Å². The lowest BCUT2D eigenvalue weighted by Gasteiger charge is -2.21. The van der Waals surface area contributed by atoms with Crippen LogP contribution in [0.3, 0.4) is 0 Å². The molecule has 98 valence electrons. The lowest BCUT2D eigenvalue weighted by atomic mass is 10.5. The van der Waals surface area contributed by atoms with Crippen molar-refractivity contribution in [1.29, 1.82) is 0 Å². The van der Waals surface area contributed by atoms with E-state index in [0.717, 1.165) is 4.31 Å². The zero-order chi connectivity index (χ0) is 12.8. The van der Waals surface area contributed by atoms with E-state index in [-0.39, 0.29) is 13.1 Å². The van der Waals surface area contributed by atoms with Gasteiger partial charge in [0.1, 0.15) is 6.54 Å². The molecule has 0 spiro atoms. The number of aliphatic hydroxyl groups excluding tert-OH is 1. The fourth-order valence-electron chi connectivity index (χ4n) is 0.977. The van der Waals surface area contributed by atoms with Crippen molar-refractivity contribution in [3.8, 4) is 0 Å². The SMILES string of the molecule is CCCN(CCO)S(=O)(=O)NCC(F)(F)F. The van der Waals surface area contributed by atoms with E-state index < -0.39 is 29.5 Å². The molecule has 16 heavy (non-hydrogen) atoms. The quantitative estimate of drug-likeness (QED) is 0.684. The molecular formula is C7H15F3N2O3S. The Kier molecular flexibility index (Phi) is 6.23. The van der Waals surface area contributed by atoms with Crippen molar-refractivity contribution in [1.82, 2.24) is 9.03 Å². The fraction of sp³-hybridized carbons (Fsp3) is 1.00. The highest BCUT2D eigenvalue weighted by atomic mass is 32.2. The number of rotatable bonds is 7. The van der Waals surface area contributed by atoms with Gasteiger partial charge in [-0.15, -0.1) is 0 Å². The van der Waals surface area contributed by atoms with Crippen molar-refractivity contribution in [2.75, 3.05) is 26.2 Å². The molecule has 9 heteroatoms. The third kappa shape index (κ3) is 6.26. The van der Waals surface area contributed by atoms with Crippen molar-refractivity contribution in [3.63, 3.8) is 0 Å². The van der Waals surface area contributed by atoms with Gasteiger partial charge in [0.2, 0.25) is 0 Å². The molecule has 0 atom stereocenters. The minimum Gasteiger partial charge on any atom is -0.395 e. The van der Waals surface area contributed by atoms with Crippen molar-refractivity contribution in [3.05, 3.63) is 0 Å². The van der Waals surface area contributed by atoms with E-state index in [1.807, 2.05) is 0 Å². The number of hydrogen-bond donors (Lipinski definition) is 2. The van der Waals surface area contributed by atoms with Crippen molar-refractivity contribution >= 4 is 10.2 Å². The summed E-state index contributed by atoms with van der Waals surface area (Å²) >= 11 is 0. The molecule has 0 aliphatic rings. The maximum atomic E-state index is 11.8. The van der Waals surface area contributed by atoms with Gasteiger partial charge in [-0.2, -0.15) is 30.6 Å². The summed E-state index contributed by atoms with van der Waals surface area (Å²) in [4.78, 5) is 0. The van der Waals surface area contributed by atoms with Gasteiger partial charge in [-0.1, -0.05) is 6.92 Å². The molecule has 0 saturated carbocycles. The van der Waals surface area contributed by atoms with Gasteiger partial charge < -0.3 is 5.11 Å². The van der Waals surface area contributed by atoms with Crippen LogP contribution in [0.5, 0.6) is 0 Å². The molecule has 0 unspecified atom stereocenters. The standard InChI is InChI=1S/C7H15F3N2O3S/c1-2-3-12(4-5-13)16(14,15)11-6-7(8,9)10/h11,13H,2-6H2,1H3. The summed E-state index contributed by atoms with van der Waals surface area (Å²) in [5.74, 6) is 0. The van der Waals surface area contributed by atoms with Crippen LogP contribution < -0.4 is 4.72 Å². The van der Waals surface area contributed by atoms with E-state index in [1.54, 1.807) is 6.92 Å². The topological polar surface area (TPSA) is 69.6 Å². The van der Waals surface area contributed by atoms with Gasteiger partial charge in [0.25, 0.3) is 10.2 Å². The predicted molar refractivity (Wildman–Crippen MR) is 51.9 cm³/mol. The summed E-state index contributed by atoms with van der Waals surface area (Å²) in [6.07, 6.45) is -4.14. The maximum absolute atomic E-state index is 11.8. The summed E-state index contributed by atoms with van der Waals surface area (Å²) in [6.45, 7) is -0.521. The van der Waals surface area contributed by atoms with E-state index in [4.69, 9.17) is 5.11 Å². The van der Waals surface area contributed by atoms with Crippen LogP contribution in [0.1, 0.15) is 13.3 Å². The number of alkyl halides is 3. The Morgan fingerprint density at radius 2 is 1.88 bits per heavy atom. The van der Waals surface area contributed by atoms with Gasteiger partial charge in [-0.3, -0.25) is 0 Å². The Hall–Kier alpha value is -0.380. The molecule has 0 radical (unpaired) electrons. The van der Waals surface area contributed by atoms with Crippen LogP contribution >= 0.6 is 0 Å².